The van der Waals surface area contributed by atoms with Gasteiger partial charge in [0.25, 0.3) is 0 Å². The van der Waals surface area contributed by atoms with Crippen molar-refractivity contribution in [3.8, 4) is 0 Å². The Balaban J connectivity index is 2.33. The second-order valence-corrected chi connectivity index (χ2v) is 6.24. The van der Waals surface area contributed by atoms with E-state index >= 15 is 0 Å². The highest BCUT2D eigenvalue weighted by molar-refractivity contribution is 7.10. The van der Waals surface area contributed by atoms with Crippen LogP contribution in [0.1, 0.15) is 30.6 Å². The monoisotopic (exact) mass is 307 g/mol. The predicted molar refractivity (Wildman–Crippen MR) is 83.1 cm³/mol. The highest BCUT2D eigenvalue weighted by Crippen LogP contribution is 2.26. The molecule has 5 nitrogen and oxygen atoms in total. The average Bonchev–Trinajstić information content (AvgIpc) is 3.11. The van der Waals surface area contributed by atoms with Gasteiger partial charge in [-0.3, -0.25) is 10.1 Å². The van der Waals surface area contributed by atoms with Gasteiger partial charge in [-0.1, -0.05) is 19.9 Å². The molecule has 1 unspecified atom stereocenters. The molecule has 21 heavy (non-hydrogen) atoms. The molecule has 2 aromatic rings. The first kappa shape index (κ1) is 15.7. The number of esters is 1. The second-order valence-electron chi connectivity index (χ2n) is 5.26. The Bertz CT molecular complexity index is 578. The maximum absolute atomic E-state index is 12.0. The van der Waals surface area contributed by atoms with Crippen LogP contribution in [0.3, 0.4) is 0 Å². The standard InChI is InChI=1S/C15H21N3O2S/c1-10(2)12(15(19)20-4)17-13(11-6-5-9-21-11)14-16-7-8-18(14)3/h5-10,12-13,17H,1-4H3/t12-,13?/m0/s1. The molecular weight excluding hydrogens is 286 g/mol. The third-order valence-corrected chi connectivity index (χ3v) is 4.35. The zero-order chi connectivity index (χ0) is 15.4. The highest BCUT2D eigenvalue weighted by Gasteiger charge is 2.29. The molecule has 0 amide bonds. The summed E-state index contributed by atoms with van der Waals surface area (Å²) < 4.78 is 6.88. The molecule has 0 aliphatic heterocycles. The van der Waals surface area contributed by atoms with Crippen molar-refractivity contribution in [3.63, 3.8) is 0 Å². The Labute approximate surface area is 129 Å². The van der Waals surface area contributed by atoms with Gasteiger partial charge in [-0.2, -0.15) is 0 Å². The van der Waals surface area contributed by atoms with Gasteiger partial charge in [0.05, 0.1) is 7.11 Å². The molecule has 2 aromatic heterocycles. The minimum atomic E-state index is -0.376. The SMILES string of the molecule is COC(=O)[C@@H](NC(c1cccs1)c1nccn1C)C(C)C. The van der Waals surface area contributed by atoms with E-state index in [0.29, 0.717) is 0 Å². The number of methoxy groups -OCH3 is 1. The number of hydrogen-bond donors (Lipinski definition) is 1. The maximum atomic E-state index is 12.0. The van der Waals surface area contributed by atoms with Crippen LogP contribution in [0.15, 0.2) is 29.9 Å². The van der Waals surface area contributed by atoms with Crippen molar-refractivity contribution in [1.29, 1.82) is 0 Å². The number of nitrogens with zero attached hydrogens (tertiary/aromatic N) is 2. The van der Waals surface area contributed by atoms with Crippen molar-refractivity contribution in [1.82, 2.24) is 14.9 Å². The lowest BCUT2D eigenvalue weighted by atomic mass is 10.0. The molecule has 0 bridgehead atoms. The summed E-state index contributed by atoms with van der Waals surface area (Å²) in [4.78, 5) is 17.6. The van der Waals surface area contributed by atoms with Crippen molar-refractivity contribution in [2.45, 2.75) is 25.9 Å². The molecule has 2 atom stereocenters. The topological polar surface area (TPSA) is 56.1 Å². The summed E-state index contributed by atoms with van der Waals surface area (Å²) in [5, 5.41) is 5.43. The van der Waals surface area contributed by atoms with Crippen molar-refractivity contribution < 1.29 is 9.53 Å². The summed E-state index contributed by atoms with van der Waals surface area (Å²) in [6.45, 7) is 4.00. The number of aromatic nitrogens is 2. The van der Waals surface area contributed by atoms with Gasteiger partial charge in [0.1, 0.15) is 17.9 Å². The lowest BCUT2D eigenvalue weighted by molar-refractivity contribution is -0.144. The highest BCUT2D eigenvalue weighted by atomic mass is 32.1. The van der Waals surface area contributed by atoms with E-state index in [9.17, 15) is 4.79 Å². The number of imidazole rings is 1. The zero-order valence-electron chi connectivity index (χ0n) is 12.7. The zero-order valence-corrected chi connectivity index (χ0v) is 13.6. The third kappa shape index (κ3) is 3.51. The van der Waals surface area contributed by atoms with Gasteiger partial charge >= 0.3 is 5.97 Å². The predicted octanol–water partition coefficient (Wildman–Crippen LogP) is 2.36. The fraction of sp³-hybridized carbons (Fsp3) is 0.467. The van der Waals surface area contributed by atoms with E-state index in [1.165, 1.54) is 7.11 Å². The summed E-state index contributed by atoms with van der Waals surface area (Å²) in [6.07, 6.45) is 3.67. The fourth-order valence-electron chi connectivity index (χ4n) is 2.23. The van der Waals surface area contributed by atoms with E-state index in [4.69, 9.17) is 4.74 Å². The van der Waals surface area contributed by atoms with Gasteiger partial charge in [0, 0.05) is 24.3 Å². The molecule has 2 rings (SSSR count). The molecule has 0 radical (unpaired) electrons. The second kappa shape index (κ2) is 6.87. The maximum Gasteiger partial charge on any atom is 0.323 e. The Morgan fingerprint density at radius 2 is 2.24 bits per heavy atom. The molecule has 0 spiro atoms. The van der Waals surface area contributed by atoms with Crippen LogP contribution in [0.5, 0.6) is 0 Å². The molecule has 0 aliphatic carbocycles. The van der Waals surface area contributed by atoms with E-state index < -0.39 is 0 Å². The van der Waals surface area contributed by atoms with Gasteiger partial charge in [-0.15, -0.1) is 11.3 Å². The van der Waals surface area contributed by atoms with Gasteiger partial charge in [0.15, 0.2) is 0 Å². The molecule has 0 fully saturated rings. The minimum absolute atomic E-state index is 0.125. The lowest BCUT2D eigenvalue weighted by Crippen LogP contribution is -2.44. The first-order valence-corrected chi connectivity index (χ1v) is 7.77. The van der Waals surface area contributed by atoms with E-state index in [0.717, 1.165) is 10.7 Å². The smallest absolute Gasteiger partial charge is 0.323 e. The van der Waals surface area contributed by atoms with E-state index in [-0.39, 0.29) is 24.0 Å². The molecule has 114 valence electrons. The molecule has 1 N–H and O–H groups in total. The van der Waals surface area contributed by atoms with Crippen LogP contribution in [-0.2, 0) is 16.6 Å². The van der Waals surface area contributed by atoms with E-state index in [1.54, 1.807) is 17.5 Å². The number of nitrogens with one attached hydrogen (secondary N) is 1. The van der Waals surface area contributed by atoms with Crippen LogP contribution in [0.4, 0.5) is 0 Å². The van der Waals surface area contributed by atoms with Gasteiger partial charge in [-0.25, -0.2) is 4.98 Å². The fourth-order valence-corrected chi connectivity index (χ4v) is 3.01. The summed E-state index contributed by atoms with van der Waals surface area (Å²) in [6, 6.07) is 3.54. The van der Waals surface area contributed by atoms with E-state index in [1.807, 2.05) is 49.2 Å². The number of hydrogen-bond acceptors (Lipinski definition) is 5. The van der Waals surface area contributed by atoms with Crippen LogP contribution in [-0.4, -0.2) is 28.7 Å². The summed E-state index contributed by atoms with van der Waals surface area (Å²) in [7, 11) is 3.37. The summed E-state index contributed by atoms with van der Waals surface area (Å²) >= 11 is 1.64. The molecule has 0 saturated heterocycles. The van der Waals surface area contributed by atoms with Crippen molar-refractivity contribution in [2.24, 2.45) is 13.0 Å². The number of carbonyl (C=O) groups excluding carboxylic acids is 1. The van der Waals surface area contributed by atoms with Crippen molar-refractivity contribution in [2.75, 3.05) is 7.11 Å². The van der Waals surface area contributed by atoms with Gasteiger partial charge in [0.2, 0.25) is 0 Å². The normalized spacial score (nSPS) is 14.1. The Morgan fingerprint density at radius 3 is 2.71 bits per heavy atom. The molecule has 6 heteroatoms. The number of aryl methyl sites for hydroxylation is 1. The number of ether oxygens (including phenoxy) is 1. The Hall–Kier alpha value is -1.66. The van der Waals surface area contributed by atoms with Crippen molar-refractivity contribution in [3.05, 3.63) is 40.6 Å². The number of thiophene rings is 1. The van der Waals surface area contributed by atoms with Crippen molar-refractivity contribution >= 4 is 17.3 Å². The van der Waals surface area contributed by atoms with Crippen LogP contribution in [0.25, 0.3) is 0 Å². The summed E-state index contributed by atoms with van der Waals surface area (Å²) in [5.41, 5.74) is 0. The first-order chi connectivity index (χ1) is 10.0. The molecule has 0 saturated carbocycles. The molecule has 0 aliphatic rings. The van der Waals surface area contributed by atoms with Gasteiger partial charge in [-0.05, 0) is 17.4 Å². The third-order valence-electron chi connectivity index (χ3n) is 3.41. The summed E-state index contributed by atoms with van der Waals surface area (Å²) in [5.74, 6) is 0.757. The Kier molecular flexibility index (Phi) is 5.14. The van der Waals surface area contributed by atoms with Gasteiger partial charge < -0.3 is 9.30 Å². The quantitative estimate of drug-likeness (QED) is 0.832. The van der Waals surface area contributed by atoms with Crippen LogP contribution in [0, 0.1) is 5.92 Å². The largest absolute Gasteiger partial charge is 0.468 e. The first-order valence-electron chi connectivity index (χ1n) is 6.89. The van der Waals surface area contributed by atoms with Crippen LogP contribution < -0.4 is 5.32 Å². The van der Waals surface area contributed by atoms with Crippen LogP contribution >= 0.6 is 11.3 Å². The lowest BCUT2D eigenvalue weighted by Gasteiger charge is -2.25. The molecule has 2 heterocycles. The van der Waals surface area contributed by atoms with Crippen LogP contribution in [0.2, 0.25) is 0 Å². The average molecular weight is 307 g/mol. The Morgan fingerprint density at radius 1 is 1.48 bits per heavy atom. The number of carbonyl (C=O) groups is 1. The van der Waals surface area contributed by atoms with E-state index in [2.05, 4.69) is 10.3 Å². The molecule has 0 aromatic carbocycles. The molecular formula is C15H21N3O2S. The number of rotatable bonds is 6. The minimum Gasteiger partial charge on any atom is -0.468 e.